The zero-order valence-electron chi connectivity index (χ0n) is 10.9. The van der Waals surface area contributed by atoms with Gasteiger partial charge in [0.2, 0.25) is 0 Å². The monoisotopic (exact) mass is 256 g/mol. The van der Waals surface area contributed by atoms with E-state index in [9.17, 15) is 4.79 Å². The van der Waals surface area contributed by atoms with Crippen LogP contribution in [0.4, 0.5) is 0 Å². The summed E-state index contributed by atoms with van der Waals surface area (Å²) < 4.78 is 11.7. The van der Waals surface area contributed by atoms with Gasteiger partial charge in [-0.1, -0.05) is 12.1 Å². The van der Waals surface area contributed by atoms with Gasteiger partial charge in [-0.25, -0.2) is 9.48 Å². The van der Waals surface area contributed by atoms with Crippen molar-refractivity contribution in [2.24, 2.45) is 5.73 Å². The van der Waals surface area contributed by atoms with Crippen LogP contribution in [0.2, 0.25) is 0 Å². The van der Waals surface area contributed by atoms with E-state index in [1.165, 1.54) is 7.11 Å². The Labute approximate surface area is 106 Å². The first-order chi connectivity index (χ1) is 8.74. The summed E-state index contributed by atoms with van der Waals surface area (Å²) in [6.07, 6.45) is 1.51. The molecule has 0 atom stereocenters. The van der Waals surface area contributed by atoms with Crippen LogP contribution in [0.15, 0.2) is 0 Å². The average Bonchev–Trinajstić information content (AvgIpc) is 2.77. The minimum Gasteiger partial charge on any atom is -0.464 e. The third-order valence-corrected chi connectivity index (χ3v) is 2.39. The normalized spacial score (nSPS) is 10.6. The van der Waals surface area contributed by atoms with Crippen LogP contribution in [0.5, 0.6) is 0 Å². The summed E-state index contributed by atoms with van der Waals surface area (Å²) in [6, 6.07) is 0. The fourth-order valence-corrected chi connectivity index (χ4v) is 1.55. The second-order valence-electron chi connectivity index (χ2n) is 3.75. The maximum absolute atomic E-state index is 11.5. The zero-order valence-corrected chi connectivity index (χ0v) is 10.9. The minimum atomic E-state index is -0.487. The molecule has 2 N–H and O–H groups in total. The molecule has 1 aromatic rings. The van der Waals surface area contributed by atoms with Crippen molar-refractivity contribution in [2.45, 2.75) is 26.3 Å². The number of rotatable bonds is 8. The number of nitrogens with zero attached hydrogens (tertiary/aromatic N) is 3. The number of methoxy groups -OCH3 is 1. The van der Waals surface area contributed by atoms with Gasteiger partial charge in [0, 0.05) is 13.0 Å². The molecule has 7 nitrogen and oxygen atoms in total. The fraction of sp³-hybridized carbons (Fsp3) is 0.727. The molecule has 102 valence electrons. The van der Waals surface area contributed by atoms with Crippen molar-refractivity contribution in [3.63, 3.8) is 0 Å². The smallest absolute Gasteiger partial charge is 0.360 e. The standard InChI is InChI=1S/C11H20N4O3/c1-3-7-18-8-6-15-9(4-5-12)10(13-14-15)11(16)17-2/h3-8,12H2,1-2H3. The maximum atomic E-state index is 11.5. The molecular weight excluding hydrogens is 236 g/mol. The first-order valence-electron chi connectivity index (χ1n) is 6.03. The lowest BCUT2D eigenvalue weighted by Gasteiger charge is -2.06. The molecule has 1 heterocycles. The minimum absolute atomic E-state index is 0.235. The molecule has 0 bridgehead atoms. The number of aromatic nitrogens is 3. The quantitative estimate of drug-likeness (QED) is 0.519. The lowest BCUT2D eigenvalue weighted by Crippen LogP contribution is -2.16. The van der Waals surface area contributed by atoms with E-state index < -0.39 is 5.97 Å². The Bertz CT molecular complexity index is 378. The SMILES string of the molecule is CCCOCCn1nnc(C(=O)OC)c1CCN. The number of carbonyl (C=O) groups is 1. The van der Waals surface area contributed by atoms with Crippen LogP contribution in [0.3, 0.4) is 0 Å². The molecule has 0 aliphatic rings. The number of carbonyl (C=O) groups excluding carboxylic acids is 1. The molecule has 0 aromatic carbocycles. The summed E-state index contributed by atoms with van der Waals surface area (Å²) in [5.41, 5.74) is 6.46. The molecule has 0 unspecified atom stereocenters. The number of ether oxygens (including phenoxy) is 2. The molecule has 1 aromatic heterocycles. The topological polar surface area (TPSA) is 92.3 Å². The highest BCUT2D eigenvalue weighted by Crippen LogP contribution is 2.07. The van der Waals surface area contributed by atoms with Gasteiger partial charge in [-0.05, 0) is 13.0 Å². The number of hydrogen-bond acceptors (Lipinski definition) is 6. The van der Waals surface area contributed by atoms with Crippen LogP contribution in [0.1, 0.15) is 29.5 Å². The molecular formula is C11H20N4O3. The highest BCUT2D eigenvalue weighted by molar-refractivity contribution is 5.88. The van der Waals surface area contributed by atoms with Crippen LogP contribution < -0.4 is 5.73 Å². The lowest BCUT2D eigenvalue weighted by atomic mass is 10.2. The van der Waals surface area contributed by atoms with E-state index in [1.807, 2.05) is 6.92 Å². The first-order valence-corrected chi connectivity index (χ1v) is 6.03. The molecule has 0 saturated heterocycles. The van der Waals surface area contributed by atoms with Crippen LogP contribution in [-0.4, -0.2) is 47.8 Å². The summed E-state index contributed by atoms with van der Waals surface area (Å²) in [7, 11) is 1.32. The summed E-state index contributed by atoms with van der Waals surface area (Å²) in [6.45, 7) is 4.28. The third kappa shape index (κ3) is 3.78. The Balaban J connectivity index is 2.71. The molecule has 0 aliphatic heterocycles. The van der Waals surface area contributed by atoms with E-state index in [0.29, 0.717) is 38.4 Å². The van der Waals surface area contributed by atoms with Gasteiger partial charge in [-0.2, -0.15) is 0 Å². The molecule has 7 heteroatoms. The second-order valence-corrected chi connectivity index (χ2v) is 3.75. The molecule has 0 saturated carbocycles. The number of nitrogens with two attached hydrogens (primary N) is 1. The summed E-state index contributed by atoms with van der Waals surface area (Å²) >= 11 is 0. The van der Waals surface area contributed by atoms with E-state index in [1.54, 1.807) is 4.68 Å². The molecule has 0 radical (unpaired) electrons. The maximum Gasteiger partial charge on any atom is 0.360 e. The van der Waals surface area contributed by atoms with E-state index in [-0.39, 0.29) is 5.69 Å². The van der Waals surface area contributed by atoms with Crippen molar-refractivity contribution in [3.8, 4) is 0 Å². The summed E-state index contributed by atoms with van der Waals surface area (Å²) in [5.74, 6) is -0.487. The average molecular weight is 256 g/mol. The van der Waals surface area contributed by atoms with E-state index in [2.05, 4.69) is 15.0 Å². The van der Waals surface area contributed by atoms with Crippen molar-refractivity contribution in [3.05, 3.63) is 11.4 Å². The van der Waals surface area contributed by atoms with Crippen molar-refractivity contribution in [2.75, 3.05) is 26.9 Å². The van der Waals surface area contributed by atoms with Gasteiger partial charge in [0.25, 0.3) is 0 Å². The second kappa shape index (κ2) is 7.78. The van der Waals surface area contributed by atoms with Crippen molar-refractivity contribution < 1.29 is 14.3 Å². The zero-order chi connectivity index (χ0) is 13.4. The Morgan fingerprint density at radius 1 is 1.44 bits per heavy atom. The first kappa shape index (κ1) is 14.6. The van der Waals surface area contributed by atoms with Crippen molar-refractivity contribution in [1.29, 1.82) is 0 Å². The highest BCUT2D eigenvalue weighted by Gasteiger charge is 2.19. The Morgan fingerprint density at radius 3 is 2.83 bits per heavy atom. The van der Waals surface area contributed by atoms with Crippen LogP contribution >= 0.6 is 0 Å². The Hall–Kier alpha value is -1.47. The predicted octanol–water partition coefficient (Wildman–Crippen LogP) is -0.00750. The van der Waals surface area contributed by atoms with E-state index >= 15 is 0 Å². The van der Waals surface area contributed by atoms with E-state index in [4.69, 9.17) is 10.5 Å². The molecule has 0 aliphatic carbocycles. The molecule has 1 rings (SSSR count). The van der Waals surface area contributed by atoms with Crippen LogP contribution in [0, 0.1) is 0 Å². The van der Waals surface area contributed by atoms with Gasteiger partial charge in [-0.3, -0.25) is 0 Å². The molecule has 0 spiro atoms. The largest absolute Gasteiger partial charge is 0.464 e. The Morgan fingerprint density at radius 2 is 2.22 bits per heavy atom. The van der Waals surface area contributed by atoms with Gasteiger partial charge in [-0.15, -0.1) is 5.10 Å². The summed E-state index contributed by atoms with van der Waals surface area (Å²) in [4.78, 5) is 11.5. The Kier molecular flexibility index (Phi) is 6.31. The van der Waals surface area contributed by atoms with Crippen LogP contribution in [0.25, 0.3) is 0 Å². The van der Waals surface area contributed by atoms with Crippen molar-refractivity contribution in [1.82, 2.24) is 15.0 Å². The summed E-state index contributed by atoms with van der Waals surface area (Å²) in [5, 5.41) is 7.76. The van der Waals surface area contributed by atoms with Gasteiger partial charge >= 0.3 is 5.97 Å². The lowest BCUT2D eigenvalue weighted by molar-refractivity contribution is 0.0592. The van der Waals surface area contributed by atoms with E-state index in [0.717, 1.165) is 6.42 Å². The number of esters is 1. The van der Waals surface area contributed by atoms with Gasteiger partial charge in [0.05, 0.1) is 26.0 Å². The third-order valence-electron chi connectivity index (χ3n) is 2.39. The van der Waals surface area contributed by atoms with Gasteiger partial charge in [0.15, 0.2) is 5.69 Å². The molecule has 18 heavy (non-hydrogen) atoms. The molecule has 0 fully saturated rings. The molecule has 0 amide bonds. The van der Waals surface area contributed by atoms with Crippen molar-refractivity contribution >= 4 is 5.97 Å². The number of hydrogen-bond donors (Lipinski definition) is 1. The van der Waals surface area contributed by atoms with Crippen LogP contribution in [-0.2, 0) is 22.4 Å². The van der Waals surface area contributed by atoms with Gasteiger partial charge < -0.3 is 15.2 Å². The highest BCUT2D eigenvalue weighted by atomic mass is 16.5. The van der Waals surface area contributed by atoms with Gasteiger partial charge in [0.1, 0.15) is 0 Å². The fourth-order valence-electron chi connectivity index (χ4n) is 1.55. The predicted molar refractivity (Wildman–Crippen MR) is 65.2 cm³/mol.